The lowest BCUT2D eigenvalue weighted by molar-refractivity contribution is 0.0815. The molecule has 0 atom stereocenters. The van der Waals surface area contributed by atoms with E-state index < -0.39 is 0 Å². The molecule has 0 amide bonds. The molecule has 10 heteroatoms. The van der Waals surface area contributed by atoms with Gasteiger partial charge in [0.15, 0.2) is 11.2 Å². The van der Waals surface area contributed by atoms with E-state index in [1.54, 1.807) is 6.33 Å². The Morgan fingerprint density at radius 1 is 0.951 bits per heavy atom. The zero-order chi connectivity index (χ0) is 27.9. The third-order valence-electron chi connectivity index (χ3n) is 8.85. The molecule has 41 heavy (non-hydrogen) atoms. The van der Waals surface area contributed by atoms with Crippen molar-refractivity contribution in [3.05, 3.63) is 54.4 Å². The van der Waals surface area contributed by atoms with Crippen LogP contribution in [-0.4, -0.2) is 73.8 Å². The molecule has 3 N–H and O–H groups in total. The van der Waals surface area contributed by atoms with Gasteiger partial charge in [0, 0.05) is 43.5 Å². The normalized spacial score (nSPS) is 20.6. The van der Waals surface area contributed by atoms with Crippen molar-refractivity contribution in [2.24, 2.45) is 0 Å². The molecule has 1 saturated carbocycles. The van der Waals surface area contributed by atoms with Crippen molar-refractivity contribution in [1.29, 1.82) is 0 Å². The fraction of sp³-hybridized carbons (Fsp3) is 0.419. The van der Waals surface area contributed by atoms with Crippen molar-refractivity contribution < 1.29 is 4.42 Å². The topological polar surface area (TPSA) is 114 Å². The highest BCUT2D eigenvalue weighted by Gasteiger charge is 2.30. The number of hydrogen-bond acceptors (Lipinski definition) is 9. The van der Waals surface area contributed by atoms with Gasteiger partial charge >= 0.3 is 0 Å². The fourth-order valence-corrected chi connectivity index (χ4v) is 6.39. The van der Waals surface area contributed by atoms with E-state index in [0.717, 1.165) is 71.4 Å². The largest absolute Gasteiger partial charge is 0.423 e. The van der Waals surface area contributed by atoms with Gasteiger partial charge in [0.25, 0.3) is 6.01 Å². The third kappa shape index (κ3) is 5.02. The summed E-state index contributed by atoms with van der Waals surface area (Å²) >= 11 is 0. The summed E-state index contributed by atoms with van der Waals surface area (Å²) in [5, 5.41) is 9.22. The zero-order valence-corrected chi connectivity index (χ0v) is 23.8. The second-order valence-corrected chi connectivity index (χ2v) is 11.4. The van der Waals surface area contributed by atoms with E-state index in [1.807, 2.05) is 30.3 Å². The number of nitrogens with zero attached hydrogens (tertiary/aromatic N) is 7. The number of piperazine rings is 1. The summed E-state index contributed by atoms with van der Waals surface area (Å²) in [7, 11) is 2.21. The maximum absolute atomic E-state index is 6.41. The standard InChI is InChI=1S/C31H37N9O/c1-3-20-4-13-26-25(18-20)36-31(41-26)35-22-7-5-21(6-8-22)28-27-29(32)33-19-34-30(27)40(37-28)24-11-9-23(10-12-24)39-16-14-38(2)15-17-39/h4-8,13,18-19,23-24H,3,9-12,14-17H2,1-2H3,(H,35,36)(H2,32,33,34)/t23-,24+. The maximum atomic E-state index is 6.41. The van der Waals surface area contributed by atoms with Crippen LogP contribution < -0.4 is 11.1 Å². The minimum atomic E-state index is 0.303. The lowest BCUT2D eigenvalue weighted by Gasteiger charge is -2.41. The van der Waals surface area contributed by atoms with Crippen LogP contribution in [0.3, 0.4) is 0 Å². The number of aromatic nitrogens is 5. The summed E-state index contributed by atoms with van der Waals surface area (Å²) in [6.07, 6.45) is 7.05. The fourth-order valence-electron chi connectivity index (χ4n) is 6.39. The highest BCUT2D eigenvalue weighted by molar-refractivity contribution is 5.98. The van der Waals surface area contributed by atoms with Crippen LogP contribution >= 0.6 is 0 Å². The van der Waals surface area contributed by atoms with Crippen molar-refractivity contribution in [2.45, 2.75) is 51.1 Å². The molecule has 10 nitrogen and oxygen atoms in total. The molecule has 2 fully saturated rings. The quantitative estimate of drug-likeness (QED) is 0.292. The van der Waals surface area contributed by atoms with Crippen molar-refractivity contribution in [2.75, 3.05) is 44.3 Å². The number of nitrogens with two attached hydrogens (primary N) is 1. The first-order valence-corrected chi connectivity index (χ1v) is 14.7. The average molecular weight is 552 g/mol. The van der Waals surface area contributed by atoms with E-state index in [1.165, 1.54) is 31.5 Å². The predicted molar refractivity (Wildman–Crippen MR) is 162 cm³/mol. The number of aryl methyl sites for hydroxylation is 1. The third-order valence-corrected chi connectivity index (χ3v) is 8.85. The summed E-state index contributed by atoms with van der Waals surface area (Å²) in [4.78, 5) is 18.7. The Kier molecular flexibility index (Phi) is 6.80. The molecule has 0 spiro atoms. The van der Waals surface area contributed by atoms with Crippen molar-refractivity contribution in [1.82, 2.24) is 34.5 Å². The van der Waals surface area contributed by atoms with Crippen LogP contribution in [0.15, 0.2) is 53.2 Å². The molecular weight excluding hydrogens is 514 g/mol. The van der Waals surface area contributed by atoms with E-state index in [-0.39, 0.29) is 0 Å². The Labute approximate surface area is 239 Å². The smallest absolute Gasteiger partial charge is 0.300 e. The predicted octanol–water partition coefficient (Wildman–Crippen LogP) is 5.25. The van der Waals surface area contributed by atoms with Crippen molar-refractivity contribution in [3.8, 4) is 11.3 Å². The van der Waals surface area contributed by atoms with Crippen molar-refractivity contribution in [3.63, 3.8) is 0 Å². The number of nitrogens with one attached hydrogen (secondary N) is 1. The van der Waals surface area contributed by atoms with E-state index in [4.69, 9.17) is 15.2 Å². The van der Waals surface area contributed by atoms with E-state index in [0.29, 0.717) is 23.9 Å². The number of anilines is 3. The second-order valence-electron chi connectivity index (χ2n) is 11.4. The summed E-state index contributed by atoms with van der Waals surface area (Å²) in [6.45, 7) is 6.79. The van der Waals surface area contributed by atoms with Gasteiger partial charge in [0.2, 0.25) is 0 Å². The minimum absolute atomic E-state index is 0.303. The summed E-state index contributed by atoms with van der Waals surface area (Å²) in [6, 6.07) is 15.7. The van der Waals surface area contributed by atoms with Gasteiger partial charge in [-0.05, 0) is 69.0 Å². The Bertz CT molecular complexity index is 1660. The molecule has 0 unspecified atom stereocenters. The number of benzene rings is 2. The van der Waals surface area contributed by atoms with Gasteiger partial charge in [0.05, 0.1) is 11.4 Å². The molecule has 0 radical (unpaired) electrons. The van der Waals surface area contributed by atoms with Crippen LogP contribution in [0.1, 0.15) is 44.2 Å². The number of hydrogen-bond donors (Lipinski definition) is 2. The van der Waals surface area contributed by atoms with Crippen LogP contribution in [0.25, 0.3) is 33.4 Å². The second kappa shape index (κ2) is 10.8. The molecule has 5 aromatic rings. The van der Waals surface area contributed by atoms with Gasteiger partial charge in [-0.1, -0.05) is 25.1 Å². The lowest BCUT2D eigenvalue weighted by atomic mass is 9.90. The molecule has 1 aliphatic carbocycles. The molecule has 7 rings (SSSR count). The van der Waals surface area contributed by atoms with Crippen LogP contribution in [0.5, 0.6) is 0 Å². The van der Waals surface area contributed by atoms with Gasteiger partial charge in [-0.25, -0.2) is 14.6 Å². The Hall–Kier alpha value is -4.02. The average Bonchev–Trinajstić information content (AvgIpc) is 3.59. The first kappa shape index (κ1) is 25.9. The van der Waals surface area contributed by atoms with Gasteiger partial charge in [-0.2, -0.15) is 10.1 Å². The molecule has 4 heterocycles. The van der Waals surface area contributed by atoms with E-state index >= 15 is 0 Å². The molecule has 2 aliphatic rings. The summed E-state index contributed by atoms with van der Waals surface area (Å²) in [5.74, 6) is 0.461. The molecule has 2 aromatic carbocycles. The zero-order valence-electron chi connectivity index (χ0n) is 23.8. The lowest BCUT2D eigenvalue weighted by Crippen LogP contribution is -2.49. The molecule has 3 aromatic heterocycles. The number of likely N-dealkylation sites (N-methyl/N-ethyl adjacent to an activating group) is 1. The van der Waals surface area contributed by atoms with Gasteiger partial charge in [-0.3, -0.25) is 4.90 Å². The first-order chi connectivity index (χ1) is 20.1. The summed E-state index contributed by atoms with van der Waals surface area (Å²) < 4.78 is 8.01. The van der Waals surface area contributed by atoms with Gasteiger partial charge in [0.1, 0.15) is 23.4 Å². The number of fused-ring (bicyclic) bond motifs is 2. The van der Waals surface area contributed by atoms with Crippen molar-refractivity contribution >= 4 is 39.7 Å². The molecule has 1 saturated heterocycles. The maximum Gasteiger partial charge on any atom is 0.300 e. The van der Waals surface area contributed by atoms with Gasteiger partial charge < -0.3 is 20.4 Å². The highest BCUT2D eigenvalue weighted by Crippen LogP contribution is 2.37. The SMILES string of the molecule is CCc1ccc2oc(Nc3ccc(-c4nn([C@H]5CC[C@@H](N6CCN(C)CC6)CC5)c5ncnc(N)c45)cc3)nc2c1. The van der Waals surface area contributed by atoms with Gasteiger partial charge in [-0.15, -0.1) is 0 Å². The van der Waals surface area contributed by atoms with E-state index in [9.17, 15) is 0 Å². The first-order valence-electron chi connectivity index (χ1n) is 14.7. The Morgan fingerprint density at radius 2 is 1.71 bits per heavy atom. The van der Waals surface area contributed by atoms with Crippen LogP contribution in [0.4, 0.5) is 17.5 Å². The molecule has 1 aliphatic heterocycles. The molecular formula is C31H37N9O. The minimum Gasteiger partial charge on any atom is -0.423 e. The Morgan fingerprint density at radius 3 is 2.46 bits per heavy atom. The van der Waals surface area contributed by atoms with Crippen LogP contribution in [0.2, 0.25) is 0 Å². The number of nitrogen functional groups attached to an aromatic ring is 1. The highest BCUT2D eigenvalue weighted by atomic mass is 16.4. The van der Waals surface area contributed by atoms with Crippen LogP contribution in [-0.2, 0) is 6.42 Å². The molecule has 212 valence electrons. The van der Waals surface area contributed by atoms with Crippen LogP contribution in [0, 0.1) is 0 Å². The summed E-state index contributed by atoms with van der Waals surface area (Å²) in [5.41, 5.74) is 12.8. The number of oxazole rings is 1. The monoisotopic (exact) mass is 551 g/mol. The van der Waals surface area contributed by atoms with E-state index in [2.05, 4.69) is 60.9 Å². The molecule has 0 bridgehead atoms. The Balaban J connectivity index is 1.11. The number of rotatable bonds is 6.